The van der Waals surface area contributed by atoms with Gasteiger partial charge in [-0.1, -0.05) is 283 Å². The maximum atomic E-state index is 12.4. The van der Waals surface area contributed by atoms with Gasteiger partial charge in [0.2, 0.25) is 5.91 Å². The monoisotopic (exact) mass is 790 g/mol. The van der Waals surface area contributed by atoms with Crippen molar-refractivity contribution in [3.63, 3.8) is 0 Å². The van der Waals surface area contributed by atoms with Crippen LogP contribution in [0.5, 0.6) is 0 Å². The van der Waals surface area contributed by atoms with Gasteiger partial charge in [-0.3, -0.25) is 4.79 Å². The van der Waals surface area contributed by atoms with Crippen LogP contribution >= 0.6 is 0 Å². The molecule has 3 N–H and O–H groups in total. The molecule has 2 atom stereocenters. The summed E-state index contributed by atoms with van der Waals surface area (Å²) in [6.45, 7) is 4.35. The average molecular weight is 790 g/mol. The molecule has 0 fully saturated rings. The van der Waals surface area contributed by atoms with E-state index in [0.29, 0.717) is 6.42 Å². The van der Waals surface area contributed by atoms with E-state index >= 15 is 0 Å². The van der Waals surface area contributed by atoms with Crippen molar-refractivity contribution in [2.75, 3.05) is 6.61 Å². The number of allylic oxidation sites excluding steroid dienone is 1. The van der Waals surface area contributed by atoms with Gasteiger partial charge in [0.15, 0.2) is 0 Å². The number of nitrogens with one attached hydrogen (secondary N) is 1. The van der Waals surface area contributed by atoms with E-state index in [0.717, 1.165) is 25.7 Å². The van der Waals surface area contributed by atoms with Gasteiger partial charge in [-0.05, 0) is 19.3 Å². The fraction of sp³-hybridized carbons (Fsp3) is 0.942. The van der Waals surface area contributed by atoms with Gasteiger partial charge in [0.1, 0.15) is 0 Å². The SMILES string of the molecule is CCCCCCCCCCCCCCCCCCC/C=C/C(O)C(CO)NC(=O)CCCCCCCCCCCCCCCCCCCCCCCCCCC. The Kier molecular flexibility index (Phi) is 47.7. The lowest BCUT2D eigenvalue weighted by atomic mass is 10.0. The Morgan fingerprint density at radius 1 is 0.411 bits per heavy atom. The van der Waals surface area contributed by atoms with Gasteiger partial charge in [-0.15, -0.1) is 0 Å². The van der Waals surface area contributed by atoms with Gasteiger partial charge in [0.05, 0.1) is 18.8 Å². The van der Waals surface area contributed by atoms with Crippen LogP contribution in [0.15, 0.2) is 12.2 Å². The first-order valence-corrected chi connectivity index (χ1v) is 25.9. The largest absolute Gasteiger partial charge is 0.394 e. The third-order valence-corrected chi connectivity index (χ3v) is 12.3. The molecule has 56 heavy (non-hydrogen) atoms. The highest BCUT2D eigenvalue weighted by Gasteiger charge is 2.18. The minimum atomic E-state index is -0.834. The number of aliphatic hydroxyl groups excluding tert-OH is 2. The molecule has 1 amide bonds. The van der Waals surface area contributed by atoms with Gasteiger partial charge < -0.3 is 15.5 Å². The number of unbranched alkanes of at least 4 members (excludes halogenated alkanes) is 41. The summed E-state index contributed by atoms with van der Waals surface area (Å²) in [6, 6.07) is -0.617. The molecule has 0 radical (unpaired) electrons. The van der Waals surface area contributed by atoms with Crippen LogP contribution < -0.4 is 5.32 Å². The number of hydrogen-bond donors (Lipinski definition) is 3. The Labute approximate surface area is 352 Å². The molecule has 0 aliphatic carbocycles. The molecule has 334 valence electrons. The van der Waals surface area contributed by atoms with Gasteiger partial charge in [0.25, 0.3) is 0 Å². The highest BCUT2D eigenvalue weighted by Crippen LogP contribution is 2.17. The zero-order valence-corrected chi connectivity index (χ0v) is 38.4. The fourth-order valence-electron chi connectivity index (χ4n) is 8.30. The van der Waals surface area contributed by atoms with Crippen molar-refractivity contribution in [1.29, 1.82) is 0 Å². The predicted molar refractivity (Wildman–Crippen MR) is 249 cm³/mol. The molecule has 0 saturated heterocycles. The Morgan fingerprint density at radius 2 is 0.661 bits per heavy atom. The summed E-state index contributed by atoms with van der Waals surface area (Å²) >= 11 is 0. The molecular weight excluding hydrogens is 687 g/mol. The zero-order valence-electron chi connectivity index (χ0n) is 38.4. The van der Waals surface area contributed by atoms with Gasteiger partial charge in [-0.2, -0.15) is 0 Å². The molecule has 0 aliphatic rings. The first-order valence-electron chi connectivity index (χ1n) is 25.9. The number of carbonyl (C=O) groups excluding carboxylic acids is 1. The Bertz CT molecular complexity index is 769. The highest BCUT2D eigenvalue weighted by molar-refractivity contribution is 5.76. The summed E-state index contributed by atoms with van der Waals surface area (Å²) in [6.07, 6.45) is 62.1. The van der Waals surface area contributed by atoms with Crippen LogP contribution in [0, 0.1) is 0 Å². The second-order valence-electron chi connectivity index (χ2n) is 18.0. The van der Waals surface area contributed by atoms with E-state index in [4.69, 9.17) is 0 Å². The van der Waals surface area contributed by atoms with Crippen LogP contribution in [-0.2, 0) is 4.79 Å². The standard InChI is InChI=1S/C52H103NO3/c1-3-5-7-9-11-13-15-17-19-21-23-24-25-26-27-28-30-32-34-36-38-40-42-44-46-48-52(56)53-50(49-54)51(55)47-45-43-41-39-37-35-33-31-29-22-20-18-16-14-12-10-8-6-4-2/h45,47,50-51,54-55H,3-44,46,48-49H2,1-2H3,(H,53,56)/b47-45+. The number of hydrogen-bond acceptors (Lipinski definition) is 3. The van der Waals surface area contributed by atoms with Crippen molar-refractivity contribution < 1.29 is 15.0 Å². The molecule has 0 saturated carbocycles. The molecular formula is C52H103NO3. The third kappa shape index (κ3) is 44.2. The summed E-state index contributed by atoms with van der Waals surface area (Å²) < 4.78 is 0. The van der Waals surface area contributed by atoms with Gasteiger partial charge in [-0.25, -0.2) is 0 Å². The van der Waals surface area contributed by atoms with E-state index in [-0.39, 0.29) is 12.5 Å². The molecule has 0 spiro atoms. The van der Waals surface area contributed by atoms with E-state index in [9.17, 15) is 15.0 Å². The first kappa shape index (κ1) is 55.1. The summed E-state index contributed by atoms with van der Waals surface area (Å²) in [5.74, 6) is -0.0567. The molecule has 0 aromatic heterocycles. The molecule has 2 unspecified atom stereocenters. The van der Waals surface area contributed by atoms with Crippen molar-refractivity contribution in [3.8, 4) is 0 Å². The van der Waals surface area contributed by atoms with Crippen LogP contribution in [0.2, 0.25) is 0 Å². The topological polar surface area (TPSA) is 69.6 Å². The molecule has 0 heterocycles. The van der Waals surface area contributed by atoms with Gasteiger partial charge in [0, 0.05) is 6.42 Å². The zero-order chi connectivity index (χ0) is 40.7. The van der Waals surface area contributed by atoms with Crippen LogP contribution in [0.4, 0.5) is 0 Å². The summed E-state index contributed by atoms with van der Waals surface area (Å²) in [4.78, 5) is 12.4. The van der Waals surface area contributed by atoms with Gasteiger partial charge >= 0.3 is 0 Å². The second-order valence-corrected chi connectivity index (χ2v) is 18.0. The van der Waals surface area contributed by atoms with E-state index in [2.05, 4.69) is 19.2 Å². The van der Waals surface area contributed by atoms with E-state index < -0.39 is 12.1 Å². The number of aliphatic hydroxyl groups is 2. The lowest BCUT2D eigenvalue weighted by Crippen LogP contribution is -2.45. The van der Waals surface area contributed by atoms with Crippen LogP contribution in [0.25, 0.3) is 0 Å². The summed E-state index contributed by atoms with van der Waals surface area (Å²) in [7, 11) is 0. The minimum absolute atomic E-state index is 0.0567. The van der Waals surface area contributed by atoms with E-state index in [1.165, 1.54) is 250 Å². The number of rotatable bonds is 48. The Balaban J connectivity index is 3.46. The number of carbonyl (C=O) groups is 1. The molecule has 0 aliphatic heterocycles. The minimum Gasteiger partial charge on any atom is -0.394 e. The highest BCUT2D eigenvalue weighted by atomic mass is 16.3. The van der Waals surface area contributed by atoms with E-state index in [1.54, 1.807) is 6.08 Å². The molecule has 0 rings (SSSR count). The lowest BCUT2D eigenvalue weighted by Gasteiger charge is -2.20. The normalized spacial score (nSPS) is 12.9. The quantitative estimate of drug-likeness (QED) is 0.0425. The second kappa shape index (κ2) is 48.5. The predicted octanol–water partition coefficient (Wildman–Crippen LogP) is 16.6. The van der Waals surface area contributed by atoms with E-state index in [1.807, 2.05) is 6.08 Å². The van der Waals surface area contributed by atoms with Crippen molar-refractivity contribution in [1.82, 2.24) is 5.32 Å². The Morgan fingerprint density at radius 3 is 0.929 bits per heavy atom. The number of amides is 1. The first-order chi connectivity index (χ1) is 27.7. The molecule has 0 aromatic carbocycles. The third-order valence-electron chi connectivity index (χ3n) is 12.3. The molecule has 4 heteroatoms. The van der Waals surface area contributed by atoms with Crippen molar-refractivity contribution in [2.45, 2.75) is 309 Å². The summed E-state index contributed by atoms with van der Waals surface area (Å²) in [5.41, 5.74) is 0. The maximum Gasteiger partial charge on any atom is 0.220 e. The van der Waals surface area contributed by atoms with Crippen molar-refractivity contribution >= 4 is 5.91 Å². The average Bonchev–Trinajstić information content (AvgIpc) is 3.20. The maximum absolute atomic E-state index is 12.4. The smallest absolute Gasteiger partial charge is 0.220 e. The van der Waals surface area contributed by atoms with Crippen LogP contribution in [-0.4, -0.2) is 34.9 Å². The fourth-order valence-corrected chi connectivity index (χ4v) is 8.30. The van der Waals surface area contributed by atoms with Crippen molar-refractivity contribution in [3.05, 3.63) is 12.2 Å². The lowest BCUT2D eigenvalue weighted by molar-refractivity contribution is -0.123. The van der Waals surface area contributed by atoms with Crippen LogP contribution in [0.1, 0.15) is 296 Å². The molecule has 4 nitrogen and oxygen atoms in total. The van der Waals surface area contributed by atoms with Crippen molar-refractivity contribution in [2.24, 2.45) is 0 Å². The van der Waals surface area contributed by atoms with Crippen LogP contribution in [0.3, 0.4) is 0 Å². The summed E-state index contributed by atoms with van der Waals surface area (Å²) in [5, 5.41) is 23.1. The Hall–Kier alpha value is -0.870. The molecule has 0 aromatic rings. The molecule has 0 bridgehead atoms.